The summed E-state index contributed by atoms with van der Waals surface area (Å²) in [6.07, 6.45) is 3.69. The van der Waals surface area contributed by atoms with Gasteiger partial charge in [0.1, 0.15) is 0 Å². The van der Waals surface area contributed by atoms with Crippen molar-refractivity contribution in [3.63, 3.8) is 0 Å². The first-order valence-electron chi connectivity index (χ1n) is 8.00. The van der Waals surface area contributed by atoms with Crippen LogP contribution in [0.5, 0.6) is 0 Å². The standard InChI is InChI=1S/C20H21N3O/c1-16-6-3-4-7-19(16)15-22(2)20(24)18-10-8-17(9-11-18)14-23-13-5-12-21-23/h3-13H,14-15H2,1-2H3. The maximum absolute atomic E-state index is 12.6. The van der Waals surface area contributed by atoms with Gasteiger partial charge in [-0.1, -0.05) is 36.4 Å². The molecule has 122 valence electrons. The van der Waals surface area contributed by atoms with E-state index in [1.165, 1.54) is 11.1 Å². The Bertz CT molecular complexity index is 807. The summed E-state index contributed by atoms with van der Waals surface area (Å²) in [7, 11) is 1.84. The predicted octanol–water partition coefficient (Wildman–Crippen LogP) is 3.51. The number of benzene rings is 2. The fraction of sp³-hybridized carbons (Fsp3) is 0.200. The zero-order chi connectivity index (χ0) is 16.9. The summed E-state index contributed by atoms with van der Waals surface area (Å²) in [5.74, 6) is 0.0314. The second kappa shape index (κ2) is 7.13. The van der Waals surface area contributed by atoms with Gasteiger partial charge in [-0.25, -0.2) is 0 Å². The summed E-state index contributed by atoms with van der Waals surface area (Å²) in [5, 5.41) is 4.19. The molecule has 3 aromatic rings. The molecule has 0 bridgehead atoms. The van der Waals surface area contributed by atoms with Crippen LogP contribution in [0.4, 0.5) is 0 Å². The van der Waals surface area contributed by atoms with Gasteiger partial charge >= 0.3 is 0 Å². The summed E-state index contributed by atoms with van der Waals surface area (Å²) in [5.41, 5.74) is 4.20. The van der Waals surface area contributed by atoms with E-state index in [1.54, 1.807) is 11.1 Å². The molecular formula is C20H21N3O. The topological polar surface area (TPSA) is 38.1 Å². The van der Waals surface area contributed by atoms with Gasteiger partial charge in [0, 0.05) is 31.5 Å². The lowest BCUT2D eigenvalue weighted by Crippen LogP contribution is -2.26. The minimum atomic E-state index is 0.0314. The van der Waals surface area contributed by atoms with Gasteiger partial charge in [-0.15, -0.1) is 0 Å². The molecule has 2 aromatic carbocycles. The number of carbonyl (C=O) groups is 1. The first-order chi connectivity index (χ1) is 11.6. The Balaban J connectivity index is 1.67. The van der Waals surface area contributed by atoms with E-state index >= 15 is 0 Å². The van der Waals surface area contributed by atoms with Gasteiger partial charge in [-0.2, -0.15) is 5.10 Å². The van der Waals surface area contributed by atoms with Crippen LogP contribution in [0.25, 0.3) is 0 Å². The van der Waals surface area contributed by atoms with Crippen molar-refractivity contribution in [2.75, 3.05) is 7.05 Å². The van der Waals surface area contributed by atoms with Crippen molar-refractivity contribution in [2.24, 2.45) is 0 Å². The number of hydrogen-bond donors (Lipinski definition) is 0. The lowest BCUT2D eigenvalue weighted by atomic mass is 10.1. The number of aryl methyl sites for hydroxylation is 1. The molecule has 0 saturated carbocycles. The van der Waals surface area contributed by atoms with Crippen LogP contribution in [-0.2, 0) is 13.1 Å². The lowest BCUT2D eigenvalue weighted by molar-refractivity contribution is 0.0785. The molecule has 0 aliphatic heterocycles. The summed E-state index contributed by atoms with van der Waals surface area (Å²) in [4.78, 5) is 14.4. The molecular weight excluding hydrogens is 298 g/mol. The molecule has 1 aromatic heterocycles. The highest BCUT2D eigenvalue weighted by molar-refractivity contribution is 5.94. The highest BCUT2D eigenvalue weighted by Gasteiger charge is 2.12. The fourth-order valence-corrected chi connectivity index (χ4v) is 2.67. The summed E-state index contributed by atoms with van der Waals surface area (Å²) in [6, 6.07) is 17.8. The van der Waals surface area contributed by atoms with Crippen molar-refractivity contribution >= 4 is 5.91 Å². The highest BCUT2D eigenvalue weighted by Crippen LogP contribution is 2.13. The molecule has 0 aliphatic carbocycles. The predicted molar refractivity (Wildman–Crippen MR) is 94.7 cm³/mol. The van der Waals surface area contributed by atoms with Gasteiger partial charge in [-0.3, -0.25) is 9.48 Å². The number of aromatic nitrogens is 2. The van der Waals surface area contributed by atoms with Gasteiger partial charge < -0.3 is 4.90 Å². The number of amides is 1. The van der Waals surface area contributed by atoms with Gasteiger partial charge in [0.2, 0.25) is 0 Å². The molecule has 3 rings (SSSR count). The Labute approximate surface area is 142 Å². The fourth-order valence-electron chi connectivity index (χ4n) is 2.67. The zero-order valence-electron chi connectivity index (χ0n) is 14.0. The third-order valence-electron chi connectivity index (χ3n) is 4.12. The highest BCUT2D eigenvalue weighted by atomic mass is 16.2. The molecule has 24 heavy (non-hydrogen) atoms. The first-order valence-corrected chi connectivity index (χ1v) is 8.00. The molecule has 0 radical (unpaired) electrons. The van der Waals surface area contributed by atoms with E-state index < -0.39 is 0 Å². The Morgan fingerprint density at radius 1 is 1.08 bits per heavy atom. The van der Waals surface area contributed by atoms with E-state index in [4.69, 9.17) is 0 Å². The molecule has 4 heteroatoms. The molecule has 0 aliphatic rings. The molecule has 0 fully saturated rings. The van der Waals surface area contributed by atoms with Crippen LogP contribution in [0.3, 0.4) is 0 Å². The molecule has 4 nitrogen and oxygen atoms in total. The summed E-state index contributed by atoms with van der Waals surface area (Å²) < 4.78 is 1.86. The van der Waals surface area contributed by atoms with E-state index in [0.717, 1.165) is 5.56 Å². The monoisotopic (exact) mass is 319 g/mol. The van der Waals surface area contributed by atoms with Crippen molar-refractivity contribution < 1.29 is 4.79 Å². The average molecular weight is 319 g/mol. The van der Waals surface area contributed by atoms with Crippen LogP contribution in [0, 0.1) is 6.92 Å². The van der Waals surface area contributed by atoms with Crippen molar-refractivity contribution in [1.82, 2.24) is 14.7 Å². The van der Waals surface area contributed by atoms with Crippen LogP contribution < -0.4 is 0 Å². The second-order valence-corrected chi connectivity index (χ2v) is 5.99. The first kappa shape index (κ1) is 16.0. The Morgan fingerprint density at radius 3 is 2.50 bits per heavy atom. The maximum Gasteiger partial charge on any atom is 0.253 e. The van der Waals surface area contributed by atoms with Crippen LogP contribution in [0.15, 0.2) is 67.0 Å². The molecule has 0 saturated heterocycles. The Morgan fingerprint density at radius 2 is 1.83 bits per heavy atom. The minimum Gasteiger partial charge on any atom is -0.337 e. The molecule has 0 atom stereocenters. The van der Waals surface area contributed by atoms with Gasteiger partial charge in [0.05, 0.1) is 6.54 Å². The quantitative estimate of drug-likeness (QED) is 0.722. The smallest absolute Gasteiger partial charge is 0.253 e. The summed E-state index contributed by atoms with van der Waals surface area (Å²) >= 11 is 0. The normalized spacial score (nSPS) is 10.6. The van der Waals surface area contributed by atoms with Crippen molar-refractivity contribution in [2.45, 2.75) is 20.0 Å². The van der Waals surface area contributed by atoms with E-state index in [2.05, 4.69) is 24.2 Å². The van der Waals surface area contributed by atoms with Crippen LogP contribution in [0.2, 0.25) is 0 Å². The summed E-state index contributed by atoms with van der Waals surface area (Å²) in [6.45, 7) is 3.39. The SMILES string of the molecule is Cc1ccccc1CN(C)C(=O)c1ccc(Cn2cccn2)cc1. The van der Waals surface area contributed by atoms with E-state index in [0.29, 0.717) is 18.7 Å². The van der Waals surface area contributed by atoms with Crippen LogP contribution in [-0.4, -0.2) is 27.6 Å². The largest absolute Gasteiger partial charge is 0.337 e. The van der Waals surface area contributed by atoms with Gasteiger partial charge in [0.15, 0.2) is 0 Å². The van der Waals surface area contributed by atoms with Crippen molar-refractivity contribution in [3.8, 4) is 0 Å². The van der Waals surface area contributed by atoms with Crippen LogP contribution >= 0.6 is 0 Å². The van der Waals surface area contributed by atoms with E-state index in [-0.39, 0.29) is 5.91 Å². The Hall–Kier alpha value is -2.88. The number of nitrogens with zero attached hydrogens (tertiary/aromatic N) is 3. The van der Waals surface area contributed by atoms with Gasteiger partial charge in [-0.05, 0) is 41.8 Å². The van der Waals surface area contributed by atoms with Crippen molar-refractivity contribution in [1.29, 1.82) is 0 Å². The number of rotatable bonds is 5. The molecule has 1 amide bonds. The number of hydrogen-bond acceptors (Lipinski definition) is 2. The third-order valence-corrected chi connectivity index (χ3v) is 4.12. The Kier molecular flexibility index (Phi) is 4.75. The molecule has 0 unspecified atom stereocenters. The lowest BCUT2D eigenvalue weighted by Gasteiger charge is -2.18. The van der Waals surface area contributed by atoms with Gasteiger partial charge in [0.25, 0.3) is 5.91 Å². The minimum absolute atomic E-state index is 0.0314. The second-order valence-electron chi connectivity index (χ2n) is 5.99. The van der Waals surface area contributed by atoms with E-state index in [9.17, 15) is 4.79 Å². The third kappa shape index (κ3) is 3.71. The maximum atomic E-state index is 12.6. The number of carbonyl (C=O) groups excluding carboxylic acids is 1. The average Bonchev–Trinajstić information content (AvgIpc) is 3.10. The molecule has 0 N–H and O–H groups in total. The van der Waals surface area contributed by atoms with Crippen LogP contribution in [0.1, 0.15) is 27.0 Å². The molecule has 0 spiro atoms. The van der Waals surface area contributed by atoms with E-state index in [1.807, 2.05) is 60.4 Å². The zero-order valence-corrected chi connectivity index (χ0v) is 14.0. The molecule has 1 heterocycles. The van der Waals surface area contributed by atoms with Crippen molar-refractivity contribution in [3.05, 3.63) is 89.2 Å².